The first-order chi connectivity index (χ1) is 13.9. The van der Waals surface area contributed by atoms with Gasteiger partial charge in [-0.3, -0.25) is 14.3 Å². The molecule has 0 saturated carbocycles. The Labute approximate surface area is 170 Å². The van der Waals surface area contributed by atoms with Crippen LogP contribution < -0.4 is 5.56 Å². The molecule has 2 aromatic rings. The topological polar surface area (TPSA) is 83.5 Å². The number of hydrogen-bond acceptors (Lipinski definition) is 5. The van der Waals surface area contributed by atoms with Gasteiger partial charge in [0.25, 0.3) is 11.5 Å². The van der Waals surface area contributed by atoms with Gasteiger partial charge in [0.2, 0.25) is 0 Å². The summed E-state index contributed by atoms with van der Waals surface area (Å²) in [4.78, 5) is 33.1. The molecular weight excluding hydrogens is 370 g/mol. The lowest BCUT2D eigenvalue weighted by Gasteiger charge is -2.41. The maximum atomic E-state index is 13.5. The number of nitrogens with one attached hydrogen (secondary N) is 1. The van der Waals surface area contributed by atoms with Gasteiger partial charge < -0.3 is 19.5 Å². The van der Waals surface area contributed by atoms with Gasteiger partial charge in [-0.15, -0.1) is 0 Å². The fourth-order valence-corrected chi connectivity index (χ4v) is 4.45. The van der Waals surface area contributed by atoms with Gasteiger partial charge in [0.15, 0.2) is 0 Å². The van der Waals surface area contributed by atoms with Crippen LogP contribution in [0.4, 0.5) is 0 Å². The van der Waals surface area contributed by atoms with Crippen molar-refractivity contribution >= 4 is 5.91 Å². The predicted molar refractivity (Wildman–Crippen MR) is 109 cm³/mol. The van der Waals surface area contributed by atoms with Crippen molar-refractivity contribution in [1.29, 1.82) is 0 Å². The van der Waals surface area contributed by atoms with E-state index in [0.717, 1.165) is 42.5 Å². The zero-order valence-corrected chi connectivity index (χ0v) is 17.4. The predicted octanol–water partition coefficient (Wildman–Crippen LogP) is 1.13. The van der Waals surface area contributed by atoms with Crippen LogP contribution in [0.3, 0.4) is 0 Å². The van der Waals surface area contributed by atoms with Crippen LogP contribution in [-0.4, -0.2) is 70.4 Å². The number of ether oxygens (including phenoxy) is 1. The number of morpholine rings is 1. The van der Waals surface area contributed by atoms with Crippen molar-refractivity contribution in [2.24, 2.45) is 7.05 Å². The second kappa shape index (κ2) is 8.12. The van der Waals surface area contributed by atoms with Crippen molar-refractivity contribution in [3.63, 3.8) is 0 Å². The fraction of sp³-hybridized carbons (Fsp3) is 0.571. The Bertz CT molecular complexity index is 948. The molecule has 0 bridgehead atoms. The molecule has 0 aromatic carbocycles. The van der Waals surface area contributed by atoms with Crippen molar-refractivity contribution in [3.05, 3.63) is 51.2 Å². The molecule has 2 atom stereocenters. The summed E-state index contributed by atoms with van der Waals surface area (Å²) in [5, 5.41) is 4.29. The van der Waals surface area contributed by atoms with Crippen molar-refractivity contribution in [2.45, 2.75) is 37.8 Å². The second-order valence-corrected chi connectivity index (χ2v) is 8.29. The van der Waals surface area contributed by atoms with Crippen LogP contribution in [0.5, 0.6) is 0 Å². The van der Waals surface area contributed by atoms with E-state index >= 15 is 0 Å². The standard InChI is InChI=1S/C21H29N5O3/c1-24(2)13-18-19(15-11-22-25(3)12-15)26(8-9-29-18)21(28)16-10-14-6-4-5-7-17(14)23-20(16)27/h10-12,18-19H,4-9,13H2,1-3H3,(H,23,27)/t18-,19-/m0/s1. The molecule has 29 heavy (non-hydrogen) atoms. The molecule has 1 fully saturated rings. The summed E-state index contributed by atoms with van der Waals surface area (Å²) >= 11 is 0. The second-order valence-electron chi connectivity index (χ2n) is 8.29. The largest absolute Gasteiger partial charge is 0.373 e. The molecule has 1 aliphatic carbocycles. The molecule has 2 aliphatic rings. The molecule has 0 radical (unpaired) electrons. The first-order valence-electron chi connectivity index (χ1n) is 10.2. The Hall–Kier alpha value is -2.45. The van der Waals surface area contributed by atoms with Crippen LogP contribution >= 0.6 is 0 Å². The Morgan fingerprint density at radius 2 is 2.14 bits per heavy atom. The zero-order chi connectivity index (χ0) is 20.5. The molecule has 156 valence electrons. The minimum absolute atomic E-state index is 0.191. The first-order valence-corrected chi connectivity index (χ1v) is 10.2. The lowest BCUT2D eigenvalue weighted by Crippen LogP contribution is -2.51. The summed E-state index contributed by atoms with van der Waals surface area (Å²) < 4.78 is 7.77. The lowest BCUT2D eigenvalue weighted by atomic mass is 9.94. The van der Waals surface area contributed by atoms with Gasteiger partial charge in [0.05, 0.1) is 24.9 Å². The van der Waals surface area contributed by atoms with E-state index in [1.54, 1.807) is 15.8 Å². The Morgan fingerprint density at radius 1 is 1.34 bits per heavy atom. The number of aryl methyl sites for hydroxylation is 3. The van der Waals surface area contributed by atoms with Gasteiger partial charge in [0.1, 0.15) is 5.56 Å². The first kappa shape index (κ1) is 19.8. The minimum atomic E-state index is -0.295. The highest BCUT2D eigenvalue weighted by molar-refractivity contribution is 5.94. The number of aromatic amines is 1. The molecule has 2 aromatic heterocycles. The fourth-order valence-electron chi connectivity index (χ4n) is 4.45. The van der Waals surface area contributed by atoms with Crippen molar-refractivity contribution in [3.8, 4) is 0 Å². The number of carbonyl (C=O) groups is 1. The minimum Gasteiger partial charge on any atom is -0.373 e. The number of pyridine rings is 1. The van der Waals surface area contributed by atoms with Crippen molar-refractivity contribution in [2.75, 3.05) is 33.8 Å². The van der Waals surface area contributed by atoms with Crippen molar-refractivity contribution in [1.82, 2.24) is 24.6 Å². The van der Waals surface area contributed by atoms with Crippen LogP contribution in [0.25, 0.3) is 0 Å². The number of fused-ring (bicyclic) bond motifs is 1. The van der Waals surface area contributed by atoms with E-state index < -0.39 is 0 Å². The monoisotopic (exact) mass is 399 g/mol. The number of carbonyl (C=O) groups excluding carboxylic acids is 1. The molecule has 0 unspecified atom stereocenters. The third-order valence-corrected chi connectivity index (χ3v) is 5.79. The average Bonchev–Trinajstić information content (AvgIpc) is 3.12. The number of likely N-dealkylation sites (N-methyl/N-ethyl adjacent to an activating group) is 1. The molecule has 1 amide bonds. The summed E-state index contributed by atoms with van der Waals surface area (Å²) in [6.07, 6.45) is 7.45. The Morgan fingerprint density at radius 3 is 2.86 bits per heavy atom. The quantitative estimate of drug-likeness (QED) is 0.833. The summed E-state index contributed by atoms with van der Waals surface area (Å²) in [5.41, 5.74) is 2.92. The number of aromatic nitrogens is 3. The smallest absolute Gasteiger partial charge is 0.261 e. The highest BCUT2D eigenvalue weighted by atomic mass is 16.5. The lowest BCUT2D eigenvalue weighted by molar-refractivity contribution is -0.0685. The summed E-state index contributed by atoms with van der Waals surface area (Å²) in [6.45, 7) is 1.56. The van der Waals surface area contributed by atoms with Gasteiger partial charge in [-0.1, -0.05) is 0 Å². The zero-order valence-electron chi connectivity index (χ0n) is 17.4. The molecule has 1 aliphatic heterocycles. The van der Waals surface area contributed by atoms with E-state index in [2.05, 4.69) is 10.1 Å². The summed E-state index contributed by atoms with van der Waals surface area (Å²) in [5.74, 6) is -0.236. The van der Waals surface area contributed by atoms with Crippen LogP contribution in [0.2, 0.25) is 0 Å². The number of nitrogens with zero attached hydrogens (tertiary/aromatic N) is 4. The van der Waals surface area contributed by atoms with Crippen molar-refractivity contribution < 1.29 is 9.53 Å². The highest BCUT2D eigenvalue weighted by Gasteiger charge is 2.38. The van der Waals surface area contributed by atoms with Crippen LogP contribution in [-0.2, 0) is 24.6 Å². The Kier molecular flexibility index (Phi) is 5.56. The van der Waals surface area contributed by atoms with E-state index in [-0.39, 0.29) is 29.2 Å². The highest BCUT2D eigenvalue weighted by Crippen LogP contribution is 2.31. The van der Waals surface area contributed by atoms with Crippen LogP contribution in [0.15, 0.2) is 23.3 Å². The third-order valence-electron chi connectivity index (χ3n) is 5.79. The van der Waals surface area contributed by atoms with E-state index in [1.807, 2.05) is 38.3 Å². The van der Waals surface area contributed by atoms with Gasteiger partial charge in [0, 0.05) is 37.6 Å². The molecule has 1 saturated heterocycles. The van der Waals surface area contributed by atoms with E-state index in [1.165, 1.54) is 0 Å². The van der Waals surface area contributed by atoms with Crippen LogP contribution in [0.1, 0.15) is 46.1 Å². The molecule has 8 nitrogen and oxygen atoms in total. The van der Waals surface area contributed by atoms with E-state index in [4.69, 9.17) is 4.74 Å². The average molecular weight is 399 g/mol. The summed E-state index contributed by atoms with van der Waals surface area (Å²) in [7, 11) is 5.83. The van der Waals surface area contributed by atoms with Gasteiger partial charge in [-0.05, 0) is 51.4 Å². The number of amides is 1. The summed E-state index contributed by atoms with van der Waals surface area (Å²) in [6, 6.07) is 1.52. The number of hydrogen-bond donors (Lipinski definition) is 1. The van der Waals surface area contributed by atoms with Gasteiger partial charge >= 0.3 is 0 Å². The third kappa shape index (κ3) is 4.00. The number of H-pyrrole nitrogens is 1. The Balaban J connectivity index is 1.71. The molecular formula is C21H29N5O3. The number of rotatable bonds is 4. The van der Waals surface area contributed by atoms with Crippen LogP contribution in [0, 0.1) is 0 Å². The van der Waals surface area contributed by atoms with Gasteiger partial charge in [-0.25, -0.2) is 0 Å². The van der Waals surface area contributed by atoms with Gasteiger partial charge in [-0.2, -0.15) is 5.10 Å². The molecule has 1 N–H and O–H groups in total. The van der Waals surface area contributed by atoms with E-state index in [0.29, 0.717) is 19.7 Å². The molecule has 3 heterocycles. The normalized spacial score (nSPS) is 22.0. The maximum Gasteiger partial charge on any atom is 0.261 e. The molecule has 4 rings (SSSR count). The van der Waals surface area contributed by atoms with E-state index in [9.17, 15) is 9.59 Å². The maximum absolute atomic E-state index is 13.5. The molecule has 0 spiro atoms. The SMILES string of the molecule is CN(C)C[C@@H]1OCCN(C(=O)c2cc3c([nH]c2=O)CCCC3)[C@H]1c1cnn(C)c1. The molecule has 8 heteroatoms.